The molecule has 0 spiro atoms. The zero-order valence-corrected chi connectivity index (χ0v) is 17.7. The number of hydrazone groups is 1. The molecule has 0 bridgehead atoms. The van der Waals surface area contributed by atoms with Gasteiger partial charge >= 0.3 is 6.01 Å². The fourth-order valence-electron chi connectivity index (χ4n) is 2.29. The van der Waals surface area contributed by atoms with Crippen LogP contribution in [-0.4, -0.2) is 35.5 Å². The Bertz CT molecular complexity index is 1040. The average molecular weight is 444 g/mol. The summed E-state index contributed by atoms with van der Waals surface area (Å²) in [6.07, 6.45) is 1.56. The Balaban J connectivity index is 1.69. The summed E-state index contributed by atoms with van der Waals surface area (Å²) in [4.78, 5) is 8.32. The van der Waals surface area contributed by atoms with Crippen molar-refractivity contribution in [1.29, 1.82) is 0 Å². The van der Waals surface area contributed by atoms with E-state index >= 15 is 0 Å². The number of nitrogens with zero attached hydrogens (tertiary/aromatic N) is 3. The molecule has 0 aliphatic rings. The van der Waals surface area contributed by atoms with Crippen LogP contribution in [0.25, 0.3) is 0 Å². The summed E-state index contributed by atoms with van der Waals surface area (Å²) in [7, 11) is 2.99. The van der Waals surface area contributed by atoms with Crippen molar-refractivity contribution >= 4 is 40.8 Å². The topological polar surface area (TPSA) is 89.9 Å². The van der Waals surface area contributed by atoms with E-state index in [1.54, 1.807) is 24.4 Å². The smallest absolute Gasteiger partial charge is 0.328 e. The molecule has 0 radical (unpaired) electrons. The molecule has 0 fully saturated rings. The van der Waals surface area contributed by atoms with E-state index in [9.17, 15) is 0 Å². The number of ether oxygens (including phenoxy) is 3. The SMILES string of the molecule is COc1cc(OC)nc(Oc2ccccc2C=NNC(=S)Nc2ccccc2Cl)n1. The normalized spacial score (nSPS) is 10.5. The van der Waals surface area contributed by atoms with Crippen LogP contribution in [0.3, 0.4) is 0 Å². The molecule has 3 rings (SSSR count). The number of hydrogen-bond donors (Lipinski definition) is 2. The van der Waals surface area contributed by atoms with Gasteiger partial charge in [0, 0.05) is 5.56 Å². The fraction of sp³-hybridized carbons (Fsp3) is 0.100. The molecule has 0 amide bonds. The molecule has 0 aliphatic carbocycles. The molecule has 2 N–H and O–H groups in total. The van der Waals surface area contributed by atoms with Crippen molar-refractivity contribution in [2.24, 2.45) is 5.10 Å². The first-order valence-electron chi connectivity index (χ1n) is 8.67. The van der Waals surface area contributed by atoms with E-state index in [0.29, 0.717) is 38.9 Å². The number of rotatable bonds is 7. The Morgan fingerprint density at radius 2 is 1.70 bits per heavy atom. The molecule has 30 heavy (non-hydrogen) atoms. The van der Waals surface area contributed by atoms with Gasteiger partial charge in [-0.15, -0.1) is 0 Å². The number of nitrogens with one attached hydrogen (secondary N) is 2. The maximum absolute atomic E-state index is 6.10. The highest BCUT2D eigenvalue weighted by molar-refractivity contribution is 7.80. The Labute approximate surface area is 183 Å². The number of methoxy groups -OCH3 is 2. The lowest BCUT2D eigenvalue weighted by Gasteiger charge is -2.10. The van der Waals surface area contributed by atoms with E-state index in [4.69, 9.17) is 38.0 Å². The highest BCUT2D eigenvalue weighted by Crippen LogP contribution is 2.25. The van der Waals surface area contributed by atoms with Crippen molar-refractivity contribution in [3.05, 3.63) is 65.2 Å². The molecular weight excluding hydrogens is 426 g/mol. The number of para-hydroxylation sites is 2. The summed E-state index contributed by atoms with van der Waals surface area (Å²) >= 11 is 11.3. The summed E-state index contributed by atoms with van der Waals surface area (Å²) in [5, 5.41) is 7.96. The molecular formula is C20H18ClN5O3S. The molecule has 0 unspecified atom stereocenters. The second kappa shape index (κ2) is 10.4. The lowest BCUT2D eigenvalue weighted by molar-refractivity contribution is 0.348. The largest absolute Gasteiger partial charge is 0.481 e. The van der Waals surface area contributed by atoms with Crippen LogP contribution in [0.5, 0.6) is 23.5 Å². The monoisotopic (exact) mass is 443 g/mol. The number of hydrogen-bond acceptors (Lipinski definition) is 7. The average Bonchev–Trinajstić information content (AvgIpc) is 2.76. The fourth-order valence-corrected chi connectivity index (χ4v) is 2.64. The number of benzene rings is 2. The number of aromatic nitrogens is 2. The summed E-state index contributed by atoms with van der Waals surface area (Å²) < 4.78 is 16.1. The first-order chi connectivity index (χ1) is 14.6. The minimum atomic E-state index is 0.0796. The highest BCUT2D eigenvalue weighted by atomic mass is 35.5. The van der Waals surface area contributed by atoms with Gasteiger partial charge in [-0.2, -0.15) is 15.1 Å². The number of halogens is 1. The van der Waals surface area contributed by atoms with Gasteiger partial charge in [-0.25, -0.2) is 0 Å². The van der Waals surface area contributed by atoms with Gasteiger partial charge in [0.2, 0.25) is 11.8 Å². The summed E-state index contributed by atoms with van der Waals surface area (Å²) in [6.45, 7) is 0. The second-order valence-electron chi connectivity index (χ2n) is 5.68. The third-order valence-electron chi connectivity index (χ3n) is 3.69. The minimum Gasteiger partial charge on any atom is -0.481 e. The Morgan fingerprint density at radius 3 is 2.40 bits per heavy atom. The van der Waals surface area contributed by atoms with Crippen molar-refractivity contribution in [3.63, 3.8) is 0 Å². The van der Waals surface area contributed by atoms with Crippen LogP contribution in [0.2, 0.25) is 5.02 Å². The van der Waals surface area contributed by atoms with Gasteiger partial charge in [0.05, 0.1) is 37.2 Å². The van der Waals surface area contributed by atoms with E-state index in [1.165, 1.54) is 14.2 Å². The van der Waals surface area contributed by atoms with Crippen LogP contribution in [0.4, 0.5) is 5.69 Å². The zero-order chi connectivity index (χ0) is 21.3. The van der Waals surface area contributed by atoms with Crippen LogP contribution >= 0.6 is 23.8 Å². The van der Waals surface area contributed by atoms with Crippen molar-refractivity contribution in [2.45, 2.75) is 0 Å². The van der Waals surface area contributed by atoms with Crippen molar-refractivity contribution in [3.8, 4) is 23.5 Å². The van der Waals surface area contributed by atoms with E-state index in [-0.39, 0.29) is 6.01 Å². The van der Waals surface area contributed by atoms with Gasteiger partial charge < -0.3 is 19.5 Å². The number of anilines is 1. The molecule has 1 aromatic heterocycles. The minimum absolute atomic E-state index is 0.0796. The quantitative estimate of drug-likeness (QED) is 0.318. The molecule has 0 saturated carbocycles. The predicted molar refractivity (Wildman–Crippen MR) is 120 cm³/mol. The van der Waals surface area contributed by atoms with Crippen LogP contribution in [0.1, 0.15) is 5.56 Å². The highest BCUT2D eigenvalue weighted by Gasteiger charge is 2.10. The molecule has 1 heterocycles. The van der Waals surface area contributed by atoms with Crippen LogP contribution in [0.15, 0.2) is 59.7 Å². The van der Waals surface area contributed by atoms with Gasteiger partial charge in [-0.05, 0) is 36.5 Å². The zero-order valence-electron chi connectivity index (χ0n) is 16.1. The maximum atomic E-state index is 6.10. The van der Waals surface area contributed by atoms with Crippen LogP contribution in [0, 0.1) is 0 Å². The lowest BCUT2D eigenvalue weighted by Crippen LogP contribution is -2.24. The Morgan fingerprint density at radius 1 is 1.03 bits per heavy atom. The summed E-state index contributed by atoms with van der Waals surface area (Å²) in [6, 6.07) is 16.1. The first kappa shape index (κ1) is 21.3. The van der Waals surface area contributed by atoms with Gasteiger partial charge in [-0.3, -0.25) is 5.43 Å². The Hall–Kier alpha value is -3.43. The van der Waals surface area contributed by atoms with Gasteiger partial charge in [-0.1, -0.05) is 35.9 Å². The molecule has 0 atom stereocenters. The summed E-state index contributed by atoms with van der Waals surface area (Å²) in [5.74, 6) is 1.13. The van der Waals surface area contributed by atoms with E-state index in [1.807, 2.05) is 36.4 Å². The lowest BCUT2D eigenvalue weighted by atomic mass is 10.2. The van der Waals surface area contributed by atoms with Crippen LogP contribution in [-0.2, 0) is 0 Å². The van der Waals surface area contributed by atoms with E-state index < -0.39 is 0 Å². The van der Waals surface area contributed by atoms with Gasteiger partial charge in [0.15, 0.2) is 5.11 Å². The Kier molecular flexibility index (Phi) is 7.36. The third-order valence-corrected chi connectivity index (χ3v) is 4.21. The maximum Gasteiger partial charge on any atom is 0.328 e. The van der Waals surface area contributed by atoms with Crippen molar-refractivity contribution < 1.29 is 14.2 Å². The third kappa shape index (κ3) is 5.79. The molecule has 154 valence electrons. The standard InChI is InChI=1S/C20H18ClN5O3S/c1-27-17-11-18(28-2)25-19(24-17)29-16-10-6-3-7-13(16)12-22-26-20(30)23-15-9-5-4-8-14(15)21/h3-12H,1-2H3,(H2,23,26,30). The number of thiocarbonyl (C=S) groups is 1. The molecule has 2 aromatic carbocycles. The van der Waals surface area contributed by atoms with Crippen LogP contribution < -0.4 is 25.0 Å². The molecule has 0 saturated heterocycles. The van der Waals surface area contributed by atoms with Gasteiger partial charge in [0.25, 0.3) is 0 Å². The molecule has 3 aromatic rings. The van der Waals surface area contributed by atoms with Gasteiger partial charge in [0.1, 0.15) is 5.75 Å². The van der Waals surface area contributed by atoms with Crippen molar-refractivity contribution in [1.82, 2.24) is 15.4 Å². The van der Waals surface area contributed by atoms with E-state index in [2.05, 4.69) is 25.8 Å². The van der Waals surface area contributed by atoms with E-state index in [0.717, 1.165) is 0 Å². The molecule has 10 heteroatoms. The second-order valence-corrected chi connectivity index (χ2v) is 6.49. The predicted octanol–water partition coefficient (Wildman–Crippen LogP) is 4.26. The first-order valence-corrected chi connectivity index (χ1v) is 9.46. The molecule has 8 nitrogen and oxygen atoms in total. The van der Waals surface area contributed by atoms with Crippen molar-refractivity contribution in [2.75, 3.05) is 19.5 Å². The summed E-state index contributed by atoms with van der Waals surface area (Å²) in [5.41, 5.74) is 4.10. The molecule has 0 aliphatic heterocycles.